The molecular formula is C15H20BrNO2. The lowest BCUT2D eigenvalue weighted by Crippen LogP contribution is -2.43. The van der Waals surface area contributed by atoms with Gasteiger partial charge in [-0.25, -0.2) is 0 Å². The number of rotatable bonds is 4. The van der Waals surface area contributed by atoms with Crippen LogP contribution in [0.5, 0.6) is 0 Å². The van der Waals surface area contributed by atoms with Crippen LogP contribution in [0.1, 0.15) is 32.3 Å². The summed E-state index contributed by atoms with van der Waals surface area (Å²) >= 11 is 3.41. The molecule has 1 aromatic rings. The molecule has 0 bridgehead atoms. The van der Waals surface area contributed by atoms with Gasteiger partial charge in [-0.15, -0.1) is 0 Å². The fourth-order valence-corrected chi connectivity index (χ4v) is 2.49. The predicted octanol–water partition coefficient (Wildman–Crippen LogP) is 3.02. The lowest BCUT2D eigenvalue weighted by atomic mass is 9.84. The summed E-state index contributed by atoms with van der Waals surface area (Å²) in [6, 6.07) is 7.89. The third-order valence-corrected chi connectivity index (χ3v) is 4.18. The molecule has 0 spiro atoms. The second-order valence-corrected chi connectivity index (χ2v) is 6.39. The molecule has 1 aliphatic heterocycles. The van der Waals surface area contributed by atoms with Crippen LogP contribution in [0.3, 0.4) is 0 Å². The highest BCUT2D eigenvalue weighted by molar-refractivity contribution is 9.10. The Morgan fingerprint density at radius 3 is 2.68 bits per heavy atom. The normalized spacial score (nSPS) is 19.4. The maximum Gasteiger partial charge on any atom is 0.230 e. The summed E-state index contributed by atoms with van der Waals surface area (Å²) in [5.74, 6) is 0.0466. The van der Waals surface area contributed by atoms with Crippen molar-refractivity contribution < 1.29 is 9.53 Å². The molecule has 1 amide bonds. The van der Waals surface area contributed by atoms with E-state index in [-0.39, 0.29) is 12.0 Å². The number of ether oxygens (including phenoxy) is 1. The summed E-state index contributed by atoms with van der Waals surface area (Å²) in [4.78, 5) is 12.3. The number of carbonyl (C=O) groups excluding carboxylic acids is 1. The zero-order chi connectivity index (χ0) is 13.9. The molecule has 3 nitrogen and oxygen atoms in total. The van der Waals surface area contributed by atoms with E-state index in [0.29, 0.717) is 6.54 Å². The van der Waals surface area contributed by atoms with E-state index < -0.39 is 5.41 Å². The first kappa shape index (κ1) is 14.5. The average Bonchev–Trinajstić information content (AvgIpc) is 2.89. The van der Waals surface area contributed by atoms with Crippen LogP contribution in [0.2, 0.25) is 0 Å². The standard InChI is InChI=1S/C15H20BrNO2/c1-15(2,11-5-7-12(16)8-6-11)14(18)17-10-13-4-3-9-19-13/h5-8,13H,3-4,9-10H2,1-2H3,(H,17,18). The van der Waals surface area contributed by atoms with Crippen molar-refractivity contribution in [3.8, 4) is 0 Å². The van der Waals surface area contributed by atoms with Crippen molar-refractivity contribution in [1.82, 2.24) is 5.32 Å². The van der Waals surface area contributed by atoms with Gasteiger partial charge in [-0.2, -0.15) is 0 Å². The summed E-state index contributed by atoms with van der Waals surface area (Å²) in [7, 11) is 0. The van der Waals surface area contributed by atoms with Crippen molar-refractivity contribution in [1.29, 1.82) is 0 Å². The molecule has 1 aliphatic rings. The van der Waals surface area contributed by atoms with Gasteiger partial charge in [-0.05, 0) is 44.4 Å². The van der Waals surface area contributed by atoms with E-state index in [2.05, 4.69) is 21.2 Å². The lowest BCUT2D eigenvalue weighted by molar-refractivity contribution is -0.126. The molecule has 1 heterocycles. The van der Waals surface area contributed by atoms with Crippen LogP contribution in [0.25, 0.3) is 0 Å². The Labute approximate surface area is 122 Å². The number of halogens is 1. The molecule has 0 aliphatic carbocycles. The Morgan fingerprint density at radius 1 is 1.42 bits per heavy atom. The van der Waals surface area contributed by atoms with Gasteiger partial charge in [-0.3, -0.25) is 4.79 Å². The first-order chi connectivity index (χ1) is 9.00. The molecule has 19 heavy (non-hydrogen) atoms. The van der Waals surface area contributed by atoms with Crippen molar-refractivity contribution in [3.63, 3.8) is 0 Å². The second-order valence-electron chi connectivity index (χ2n) is 5.48. The number of benzene rings is 1. The maximum atomic E-state index is 12.3. The van der Waals surface area contributed by atoms with E-state index in [1.165, 1.54) is 0 Å². The minimum atomic E-state index is -0.528. The third-order valence-electron chi connectivity index (χ3n) is 3.65. The average molecular weight is 326 g/mol. The molecule has 0 radical (unpaired) electrons. The van der Waals surface area contributed by atoms with Crippen LogP contribution in [0.4, 0.5) is 0 Å². The summed E-state index contributed by atoms with van der Waals surface area (Å²) < 4.78 is 6.54. The molecular weight excluding hydrogens is 306 g/mol. The lowest BCUT2D eigenvalue weighted by Gasteiger charge is -2.25. The van der Waals surface area contributed by atoms with Gasteiger partial charge >= 0.3 is 0 Å². The minimum absolute atomic E-state index is 0.0466. The third kappa shape index (κ3) is 3.57. The largest absolute Gasteiger partial charge is 0.376 e. The Bertz CT molecular complexity index is 436. The molecule has 1 saturated heterocycles. The number of hydrogen-bond acceptors (Lipinski definition) is 2. The Hall–Kier alpha value is -0.870. The molecule has 0 saturated carbocycles. The molecule has 1 atom stereocenters. The van der Waals surface area contributed by atoms with E-state index in [4.69, 9.17) is 4.74 Å². The number of carbonyl (C=O) groups is 1. The highest BCUT2D eigenvalue weighted by Crippen LogP contribution is 2.25. The van der Waals surface area contributed by atoms with Gasteiger partial charge in [0.2, 0.25) is 5.91 Å². The van der Waals surface area contributed by atoms with E-state index in [0.717, 1.165) is 29.5 Å². The second kappa shape index (κ2) is 6.06. The van der Waals surface area contributed by atoms with Gasteiger partial charge < -0.3 is 10.1 Å². The van der Waals surface area contributed by atoms with E-state index in [1.807, 2.05) is 38.1 Å². The fourth-order valence-electron chi connectivity index (χ4n) is 2.23. The van der Waals surface area contributed by atoms with Crippen LogP contribution >= 0.6 is 15.9 Å². The van der Waals surface area contributed by atoms with E-state index >= 15 is 0 Å². The van der Waals surface area contributed by atoms with E-state index in [1.54, 1.807) is 0 Å². The zero-order valence-electron chi connectivity index (χ0n) is 11.4. The van der Waals surface area contributed by atoms with Crippen LogP contribution in [-0.2, 0) is 14.9 Å². The summed E-state index contributed by atoms with van der Waals surface area (Å²) in [6.45, 7) is 5.32. The van der Waals surface area contributed by atoms with Crippen molar-refractivity contribution in [2.24, 2.45) is 0 Å². The Balaban J connectivity index is 1.97. The van der Waals surface area contributed by atoms with Gasteiger partial charge in [0.15, 0.2) is 0 Å². The molecule has 4 heteroatoms. The quantitative estimate of drug-likeness (QED) is 0.924. The molecule has 0 aromatic heterocycles. The number of amides is 1. The molecule has 104 valence electrons. The fraction of sp³-hybridized carbons (Fsp3) is 0.533. The monoisotopic (exact) mass is 325 g/mol. The summed E-state index contributed by atoms with van der Waals surface area (Å²) in [5, 5.41) is 3.00. The summed E-state index contributed by atoms with van der Waals surface area (Å²) in [6.07, 6.45) is 2.32. The van der Waals surface area contributed by atoms with Crippen LogP contribution in [-0.4, -0.2) is 25.2 Å². The first-order valence-corrected chi connectivity index (χ1v) is 7.45. The highest BCUT2D eigenvalue weighted by atomic mass is 79.9. The smallest absolute Gasteiger partial charge is 0.230 e. The summed E-state index contributed by atoms with van der Waals surface area (Å²) in [5.41, 5.74) is 0.486. The van der Waals surface area contributed by atoms with Crippen LogP contribution in [0, 0.1) is 0 Å². The number of hydrogen-bond donors (Lipinski definition) is 1. The van der Waals surface area contributed by atoms with Crippen LogP contribution in [0.15, 0.2) is 28.7 Å². The Morgan fingerprint density at radius 2 is 2.11 bits per heavy atom. The number of nitrogens with one attached hydrogen (secondary N) is 1. The molecule has 2 rings (SSSR count). The molecule has 1 unspecified atom stereocenters. The first-order valence-electron chi connectivity index (χ1n) is 6.66. The van der Waals surface area contributed by atoms with Gasteiger partial charge in [-0.1, -0.05) is 28.1 Å². The SMILES string of the molecule is CC(C)(C(=O)NCC1CCCO1)c1ccc(Br)cc1. The molecule has 1 fully saturated rings. The maximum absolute atomic E-state index is 12.3. The van der Waals surface area contributed by atoms with Crippen molar-refractivity contribution in [3.05, 3.63) is 34.3 Å². The van der Waals surface area contributed by atoms with Crippen LogP contribution < -0.4 is 5.32 Å². The van der Waals surface area contributed by atoms with Crippen molar-refractivity contribution >= 4 is 21.8 Å². The topological polar surface area (TPSA) is 38.3 Å². The van der Waals surface area contributed by atoms with Gasteiger partial charge in [0.1, 0.15) is 0 Å². The Kier molecular flexibility index (Phi) is 4.63. The van der Waals surface area contributed by atoms with Crippen molar-refractivity contribution in [2.45, 2.75) is 38.2 Å². The van der Waals surface area contributed by atoms with E-state index in [9.17, 15) is 4.79 Å². The minimum Gasteiger partial charge on any atom is -0.376 e. The zero-order valence-corrected chi connectivity index (χ0v) is 13.0. The van der Waals surface area contributed by atoms with Gasteiger partial charge in [0, 0.05) is 17.6 Å². The van der Waals surface area contributed by atoms with Gasteiger partial charge in [0.25, 0.3) is 0 Å². The molecule has 1 aromatic carbocycles. The van der Waals surface area contributed by atoms with Crippen molar-refractivity contribution in [2.75, 3.05) is 13.2 Å². The van der Waals surface area contributed by atoms with Gasteiger partial charge in [0.05, 0.1) is 11.5 Å². The highest BCUT2D eigenvalue weighted by Gasteiger charge is 2.30. The predicted molar refractivity (Wildman–Crippen MR) is 79.2 cm³/mol. The molecule has 1 N–H and O–H groups in total.